The molecule has 1 saturated heterocycles. The van der Waals surface area contributed by atoms with Crippen LogP contribution in [0.2, 0.25) is 5.02 Å². The van der Waals surface area contributed by atoms with Crippen LogP contribution in [0.25, 0.3) is 11.4 Å². The molecule has 2 aromatic rings. The van der Waals surface area contributed by atoms with Gasteiger partial charge in [0.2, 0.25) is 11.7 Å². The van der Waals surface area contributed by atoms with E-state index in [4.69, 9.17) is 16.1 Å². The Morgan fingerprint density at radius 2 is 1.95 bits per heavy atom. The smallest absolute Gasteiger partial charge is 0.244 e. The van der Waals surface area contributed by atoms with Gasteiger partial charge in [0, 0.05) is 36.8 Å². The fourth-order valence-corrected chi connectivity index (χ4v) is 2.47. The summed E-state index contributed by atoms with van der Waals surface area (Å²) >= 11 is 5.88. The van der Waals surface area contributed by atoms with Gasteiger partial charge in [-0.05, 0) is 31.2 Å². The lowest BCUT2D eigenvalue weighted by Gasteiger charge is -2.30. The minimum absolute atomic E-state index is 0.144. The Kier molecular flexibility index (Phi) is 4.00. The SMILES string of the molecule is C[C@H](c1nc(-c2ccc(Cl)cc2)no1)N1CCNCC1. The molecular weight excluding hydrogens is 276 g/mol. The Bertz CT molecular complexity index is 563. The Balaban J connectivity index is 1.77. The third kappa shape index (κ3) is 2.85. The van der Waals surface area contributed by atoms with E-state index in [9.17, 15) is 0 Å². The first-order chi connectivity index (χ1) is 9.74. The van der Waals surface area contributed by atoms with E-state index in [1.807, 2.05) is 24.3 Å². The van der Waals surface area contributed by atoms with Crippen LogP contribution in [0, 0.1) is 0 Å². The summed E-state index contributed by atoms with van der Waals surface area (Å²) in [6, 6.07) is 7.59. The second kappa shape index (κ2) is 5.91. The highest BCUT2D eigenvalue weighted by molar-refractivity contribution is 6.30. The monoisotopic (exact) mass is 292 g/mol. The van der Waals surface area contributed by atoms with Crippen molar-refractivity contribution >= 4 is 11.6 Å². The summed E-state index contributed by atoms with van der Waals surface area (Å²) in [6.45, 7) is 6.11. The van der Waals surface area contributed by atoms with Crippen LogP contribution in [-0.4, -0.2) is 41.2 Å². The summed E-state index contributed by atoms with van der Waals surface area (Å²) in [5, 5.41) is 8.10. The molecule has 0 unspecified atom stereocenters. The number of nitrogens with one attached hydrogen (secondary N) is 1. The molecule has 0 saturated carbocycles. The van der Waals surface area contributed by atoms with Crippen LogP contribution < -0.4 is 5.32 Å². The van der Waals surface area contributed by atoms with Gasteiger partial charge >= 0.3 is 0 Å². The first kappa shape index (κ1) is 13.5. The van der Waals surface area contributed by atoms with Gasteiger partial charge in [-0.2, -0.15) is 4.98 Å². The molecule has 6 heteroatoms. The predicted octanol–water partition coefficient (Wildman–Crippen LogP) is 2.36. The van der Waals surface area contributed by atoms with Crippen molar-refractivity contribution in [3.05, 3.63) is 35.2 Å². The van der Waals surface area contributed by atoms with Crippen molar-refractivity contribution in [2.24, 2.45) is 0 Å². The Morgan fingerprint density at radius 1 is 1.25 bits per heavy atom. The number of halogens is 1. The van der Waals surface area contributed by atoms with Gasteiger partial charge in [-0.25, -0.2) is 0 Å². The number of benzene rings is 1. The van der Waals surface area contributed by atoms with E-state index in [2.05, 4.69) is 27.3 Å². The lowest BCUT2D eigenvalue weighted by molar-refractivity contribution is 0.154. The van der Waals surface area contributed by atoms with E-state index in [0.29, 0.717) is 16.7 Å². The van der Waals surface area contributed by atoms with Gasteiger partial charge in [0.05, 0.1) is 6.04 Å². The van der Waals surface area contributed by atoms with E-state index >= 15 is 0 Å². The topological polar surface area (TPSA) is 54.2 Å². The molecule has 0 radical (unpaired) electrons. The molecule has 0 spiro atoms. The van der Waals surface area contributed by atoms with Crippen molar-refractivity contribution < 1.29 is 4.52 Å². The standard InChI is InChI=1S/C14H17ClN4O/c1-10(19-8-6-16-7-9-19)14-17-13(18-20-14)11-2-4-12(15)5-3-11/h2-5,10,16H,6-9H2,1H3/t10-/m1/s1. The van der Waals surface area contributed by atoms with Gasteiger partial charge in [0.15, 0.2) is 0 Å². The molecule has 1 aliphatic rings. The van der Waals surface area contributed by atoms with Gasteiger partial charge in [-0.3, -0.25) is 4.90 Å². The van der Waals surface area contributed by atoms with E-state index in [1.54, 1.807) is 0 Å². The van der Waals surface area contributed by atoms with Crippen molar-refractivity contribution in [3.8, 4) is 11.4 Å². The molecule has 5 nitrogen and oxygen atoms in total. The largest absolute Gasteiger partial charge is 0.337 e. The average molecular weight is 293 g/mol. The van der Waals surface area contributed by atoms with E-state index < -0.39 is 0 Å². The summed E-state index contributed by atoms with van der Waals surface area (Å²) in [4.78, 5) is 6.85. The van der Waals surface area contributed by atoms with Gasteiger partial charge in [0.25, 0.3) is 0 Å². The number of rotatable bonds is 3. The van der Waals surface area contributed by atoms with Gasteiger partial charge < -0.3 is 9.84 Å². The molecule has 1 aromatic carbocycles. The molecule has 1 aromatic heterocycles. The first-order valence-electron chi connectivity index (χ1n) is 6.78. The lowest BCUT2D eigenvalue weighted by Crippen LogP contribution is -2.44. The fourth-order valence-electron chi connectivity index (χ4n) is 2.35. The fraction of sp³-hybridized carbons (Fsp3) is 0.429. The highest BCUT2D eigenvalue weighted by atomic mass is 35.5. The summed E-state index contributed by atoms with van der Waals surface area (Å²) in [7, 11) is 0. The van der Waals surface area contributed by atoms with Crippen LogP contribution in [-0.2, 0) is 0 Å². The third-order valence-electron chi connectivity index (χ3n) is 3.60. The second-order valence-corrected chi connectivity index (χ2v) is 5.36. The molecule has 106 valence electrons. The van der Waals surface area contributed by atoms with Crippen molar-refractivity contribution in [3.63, 3.8) is 0 Å². The number of piperazine rings is 1. The maximum atomic E-state index is 5.88. The first-order valence-corrected chi connectivity index (χ1v) is 7.16. The highest BCUT2D eigenvalue weighted by Gasteiger charge is 2.23. The molecule has 0 bridgehead atoms. The number of hydrogen-bond acceptors (Lipinski definition) is 5. The number of hydrogen-bond donors (Lipinski definition) is 1. The highest BCUT2D eigenvalue weighted by Crippen LogP contribution is 2.23. The average Bonchev–Trinajstić information content (AvgIpc) is 2.98. The second-order valence-electron chi connectivity index (χ2n) is 4.93. The predicted molar refractivity (Wildman–Crippen MR) is 77.6 cm³/mol. The molecule has 20 heavy (non-hydrogen) atoms. The van der Waals surface area contributed by atoms with Crippen LogP contribution in [0.1, 0.15) is 18.9 Å². The molecule has 1 N–H and O–H groups in total. The van der Waals surface area contributed by atoms with E-state index in [1.165, 1.54) is 0 Å². The molecule has 2 heterocycles. The molecule has 1 fully saturated rings. The normalized spacial score (nSPS) is 18.1. The summed E-state index contributed by atoms with van der Waals surface area (Å²) in [6.07, 6.45) is 0. The van der Waals surface area contributed by atoms with Crippen LogP contribution in [0.4, 0.5) is 0 Å². The Morgan fingerprint density at radius 3 is 2.65 bits per heavy atom. The molecule has 1 aliphatic heterocycles. The van der Waals surface area contributed by atoms with Crippen LogP contribution in [0.5, 0.6) is 0 Å². The zero-order valence-corrected chi connectivity index (χ0v) is 12.1. The van der Waals surface area contributed by atoms with Crippen molar-refractivity contribution in [1.82, 2.24) is 20.4 Å². The maximum Gasteiger partial charge on any atom is 0.244 e. The Hall–Kier alpha value is -1.43. The molecule has 3 rings (SSSR count). The maximum absolute atomic E-state index is 5.88. The van der Waals surface area contributed by atoms with Crippen molar-refractivity contribution in [1.29, 1.82) is 0 Å². The zero-order chi connectivity index (χ0) is 13.9. The minimum atomic E-state index is 0.144. The van der Waals surface area contributed by atoms with Crippen molar-refractivity contribution in [2.75, 3.05) is 26.2 Å². The molecule has 0 amide bonds. The number of nitrogens with zero attached hydrogens (tertiary/aromatic N) is 3. The molecule has 0 aliphatic carbocycles. The summed E-state index contributed by atoms with van der Waals surface area (Å²) in [5.41, 5.74) is 0.914. The van der Waals surface area contributed by atoms with Crippen molar-refractivity contribution in [2.45, 2.75) is 13.0 Å². The van der Waals surface area contributed by atoms with Gasteiger partial charge in [-0.15, -0.1) is 0 Å². The summed E-state index contributed by atoms with van der Waals surface area (Å²) < 4.78 is 5.41. The molecule has 1 atom stereocenters. The third-order valence-corrected chi connectivity index (χ3v) is 3.85. The summed E-state index contributed by atoms with van der Waals surface area (Å²) in [5.74, 6) is 1.27. The zero-order valence-electron chi connectivity index (χ0n) is 11.3. The van der Waals surface area contributed by atoms with Gasteiger partial charge in [-0.1, -0.05) is 16.8 Å². The van der Waals surface area contributed by atoms with Crippen LogP contribution >= 0.6 is 11.6 Å². The Labute approximate surface area is 122 Å². The van der Waals surface area contributed by atoms with E-state index in [-0.39, 0.29) is 6.04 Å². The van der Waals surface area contributed by atoms with Gasteiger partial charge in [0.1, 0.15) is 0 Å². The van der Waals surface area contributed by atoms with Crippen LogP contribution in [0.15, 0.2) is 28.8 Å². The van der Waals surface area contributed by atoms with Crippen LogP contribution in [0.3, 0.4) is 0 Å². The quantitative estimate of drug-likeness (QED) is 0.941. The lowest BCUT2D eigenvalue weighted by atomic mass is 10.2. The number of aromatic nitrogens is 2. The molecular formula is C14H17ClN4O. The minimum Gasteiger partial charge on any atom is -0.337 e. The van der Waals surface area contributed by atoms with E-state index in [0.717, 1.165) is 31.7 Å².